The first-order chi connectivity index (χ1) is 24.3. The lowest BCUT2D eigenvalue weighted by Gasteiger charge is -2.29. The van der Waals surface area contributed by atoms with Crippen LogP contribution in [0, 0.1) is 17.2 Å². The maximum atomic E-state index is 13.3. The molecule has 2 N–H and O–H groups in total. The van der Waals surface area contributed by atoms with Crippen molar-refractivity contribution in [1.29, 1.82) is 5.26 Å². The van der Waals surface area contributed by atoms with Crippen molar-refractivity contribution in [1.82, 2.24) is 20.1 Å². The van der Waals surface area contributed by atoms with Crippen molar-refractivity contribution in [2.45, 2.75) is 96.6 Å². The highest BCUT2D eigenvalue weighted by molar-refractivity contribution is 5.97. The lowest BCUT2D eigenvalue weighted by Crippen LogP contribution is -2.40. The number of hydrogen-bond acceptors (Lipinski definition) is 8. The molecule has 0 radical (unpaired) electrons. The Labute approximate surface area is 296 Å². The molecule has 1 aliphatic rings. The maximum absolute atomic E-state index is 13.3. The second-order valence-electron chi connectivity index (χ2n) is 13.1. The first-order valence-corrected chi connectivity index (χ1v) is 18.4. The van der Waals surface area contributed by atoms with Gasteiger partial charge in [-0.05, 0) is 69.4 Å². The average molecular weight is 696 g/mol. The van der Waals surface area contributed by atoms with E-state index in [1.165, 1.54) is 4.90 Å². The topological polar surface area (TPSA) is 152 Å². The van der Waals surface area contributed by atoms with Gasteiger partial charge >= 0.3 is 0 Å². The highest BCUT2D eigenvalue weighted by Crippen LogP contribution is 2.28. The summed E-state index contributed by atoms with van der Waals surface area (Å²) in [5.74, 6) is -0.194. The number of benzene rings is 1. The van der Waals surface area contributed by atoms with Crippen molar-refractivity contribution >= 4 is 28.6 Å². The third kappa shape index (κ3) is 14.6. The van der Waals surface area contributed by atoms with Gasteiger partial charge in [-0.1, -0.05) is 31.9 Å². The zero-order valence-electron chi connectivity index (χ0n) is 30.1. The number of nitriles is 1. The summed E-state index contributed by atoms with van der Waals surface area (Å²) in [5, 5.41) is 15.0. The molecule has 12 nitrogen and oxygen atoms in total. The SMILES string of the molecule is CCCCCn1cc(C(=O)NC2CCC(CCC(=O)N(C)CC(=O)NCCCOCCOCCOCCCC#N)CC2)c(=O)c2ccccc21. The first-order valence-electron chi connectivity index (χ1n) is 18.4. The molecule has 3 amide bonds. The van der Waals surface area contributed by atoms with E-state index >= 15 is 0 Å². The standard InChI is InChI=1S/C38H57N5O7/c1-3-4-8-21-43-28-33(37(46)32-11-5-6-12-34(32)43)38(47)41-31-16-13-30(14-17-31)15-18-36(45)42(2)29-35(44)40-20-10-23-49-25-27-50-26-24-48-22-9-7-19-39/h5-6,11-12,28,30-31H,3-4,7-10,13-18,20-27,29H2,1-2H3,(H,40,44)(H,41,47). The molecule has 2 aromatic rings. The normalized spacial score (nSPS) is 15.8. The Morgan fingerprint density at radius 2 is 1.62 bits per heavy atom. The number of aromatic nitrogens is 1. The molecule has 1 fully saturated rings. The van der Waals surface area contributed by atoms with Crippen LogP contribution in [0.15, 0.2) is 35.3 Å². The van der Waals surface area contributed by atoms with Crippen LogP contribution < -0.4 is 16.1 Å². The molecule has 3 rings (SSSR count). The van der Waals surface area contributed by atoms with Crippen LogP contribution in [0.3, 0.4) is 0 Å². The van der Waals surface area contributed by atoms with Gasteiger partial charge in [0, 0.05) is 63.8 Å². The molecule has 12 heteroatoms. The molecule has 0 unspecified atom stereocenters. The molecular formula is C38H57N5O7. The van der Waals surface area contributed by atoms with E-state index in [9.17, 15) is 19.2 Å². The van der Waals surface area contributed by atoms with Gasteiger partial charge in [-0.15, -0.1) is 0 Å². The van der Waals surface area contributed by atoms with Gasteiger partial charge in [-0.3, -0.25) is 19.2 Å². The van der Waals surface area contributed by atoms with E-state index in [2.05, 4.69) is 23.6 Å². The quantitative estimate of drug-likeness (QED) is 0.152. The van der Waals surface area contributed by atoms with E-state index in [4.69, 9.17) is 19.5 Å². The number of unbranched alkanes of at least 4 members (excludes halogenated alkanes) is 3. The van der Waals surface area contributed by atoms with Gasteiger partial charge in [0.15, 0.2) is 0 Å². The Hall–Kier alpha value is -3.79. The van der Waals surface area contributed by atoms with Crippen molar-refractivity contribution in [3.05, 3.63) is 46.2 Å². The van der Waals surface area contributed by atoms with E-state index in [1.807, 2.05) is 22.8 Å². The Balaban J connectivity index is 1.26. The number of hydrogen-bond donors (Lipinski definition) is 2. The maximum Gasteiger partial charge on any atom is 0.256 e. The van der Waals surface area contributed by atoms with E-state index < -0.39 is 0 Å². The summed E-state index contributed by atoms with van der Waals surface area (Å²) in [6, 6.07) is 9.55. The van der Waals surface area contributed by atoms with Crippen LogP contribution in [0.5, 0.6) is 0 Å². The summed E-state index contributed by atoms with van der Waals surface area (Å²) in [6.07, 6.45) is 11.3. The highest BCUT2D eigenvalue weighted by Gasteiger charge is 2.25. The third-order valence-electron chi connectivity index (χ3n) is 9.10. The van der Waals surface area contributed by atoms with Gasteiger partial charge in [0.1, 0.15) is 5.56 Å². The lowest BCUT2D eigenvalue weighted by molar-refractivity contribution is -0.135. The minimum atomic E-state index is -0.316. The smallest absolute Gasteiger partial charge is 0.256 e. The number of rotatable bonds is 24. The largest absolute Gasteiger partial charge is 0.379 e. The number of likely N-dealkylation sites (N-methyl/N-ethyl adjacent to an activating group) is 1. The van der Waals surface area contributed by atoms with Crippen LogP contribution in [0.25, 0.3) is 10.9 Å². The third-order valence-corrected chi connectivity index (χ3v) is 9.10. The van der Waals surface area contributed by atoms with Gasteiger partial charge < -0.3 is 34.3 Å². The molecule has 0 saturated heterocycles. The molecule has 0 spiro atoms. The number of fused-ring (bicyclic) bond motifs is 1. The van der Waals surface area contributed by atoms with E-state index in [0.717, 1.165) is 69.8 Å². The second-order valence-corrected chi connectivity index (χ2v) is 13.1. The molecule has 1 saturated carbocycles. The number of aryl methyl sites for hydroxylation is 1. The van der Waals surface area contributed by atoms with E-state index in [-0.39, 0.29) is 41.3 Å². The number of nitrogens with zero attached hydrogens (tertiary/aromatic N) is 3. The fourth-order valence-electron chi connectivity index (χ4n) is 6.16. The second kappa shape index (κ2) is 23.6. The van der Waals surface area contributed by atoms with Gasteiger partial charge in [0.25, 0.3) is 5.91 Å². The molecule has 276 valence electrons. The first kappa shape index (κ1) is 40.6. The number of carbonyl (C=O) groups excluding carboxylic acids is 3. The highest BCUT2D eigenvalue weighted by atomic mass is 16.5. The Kier molecular flexibility index (Phi) is 19.2. The van der Waals surface area contributed by atoms with Crippen LogP contribution in [-0.4, -0.2) is 93.0 Å². The Bertz CT molecular complexity index is 1430. The molecule has 0 aliphatic heterocycles. The molecule has 0 bridgehead atoms. The van der Waals surface area contributed by atoms with Gasteiger partial charge in [-0.25, -0.2) is 0 Å². The summed E-state index contributed by atoms with van der Waals surface area (Å²) in [7, 11) is 1.65. The average Bonchev–Trinajstić information content (AvgIpc) is 3.12. The Morgan fingerprint density at radius 3 is 2.32 bits per heavy atom. The van der Waals surface area contributed by atoms with Gasteiger partial charge in [-0.2, -0.15) is 5.26 Å². The Morgan fingerprint density at radius 1 is 0.940 bits per heavy atom. The van der Waals surface area contributed by atoms with Crippen LogP contribution in [0.4, 0.5) is 0 Å². The summed E-state index contributed by atoms with van der Waals surface area (Å²) >= 11 is 0. The fourth-order valence-corrected chi connectivity index (χ4v) is 6.16. The number of para-hydroxylation sites is 1. The van der Waals surface area contributed by atoms with E-state index in [0.29, 0.717) is 76.8 Å². The van der Waals surface area contributed by atoms with E-state index in [1.54, 1.807) is 19.3 Å². The van der Waals surface area contributed by atoms with Crippen molar-refractivity contribution in [2.75, 3.05) is 59.8 Å². The molecule has 1 aromatic heterocycles. The number of carbonyl (C=O) groups is 3. The van der Waals surface area contributed by atoms with Crippen molar-refractivity contribution in [3.63, 3.8) is 0 Å². The number of ether oxygens (including phenoxy) is 3. The molecule has 1 heterocycles. The summed E-state index contributed by atoms with van der Waals surface area (Å²) in [5.41, 5.74) is 0.816. The monoisotopic (exact) mass is 695 g/mol. The fraction of sp³-hybridized carbons (Fsp3) is 0.658. The van der Waals surface area contributed by atoms with Gasteiger partial charge in [0.2, 0.25) is 17.2 Å². The summed E-state index contributed by atoms with van der Waals surface area (Å²) in [4.78, 5) is 53.0. The predicted octanol–water partition coefficient (Wildman–Crippen LogP) is 4.58. The minimum Gasteiger partial charge on any atom is -0.379 e. The number of pyridine rings is 1. The molecule has 50 heavy (non-hydrogen) atoms. The van der Waals surface area contributed by atoms with Gasteiger partial charge in [0.05, 0.1) is 44.6 Å². The molecular weight excluding hydrogens is 638 g/mol. The lowest BCUT2D eigenvalue weighted by atomic mass is 9.83. The van der Waals surface area contributed by atoms with Crippen molar-refractivity contribution in [3.8, 4) is 6.07 Å². The number of amides is 3. The van der Waals surface area contributed by atoms with Crippen LogP contribution in [0.1, 0.15) is 94.3 Å². The number of nitrogens with one attached hydrogen (secondary N) is 2. The molecule has 1 aromatic carbocycles. The van der Waals surface area contributed by atoms with Crippen LogP contribution >= 0.6 is 0 Å². The predicted molar refractivity (Wildman–Crippen MR) is 193 cm³/mol. The molecule has 1 aliphatic carbocycles. The zero-order valence-corrected chi connectivity index (χ0v) is 30.1. The summed E-state index contributed by atoms with van der Waals surface area (Å²) < 4.78 is 18.3. The van der Waals surface area contributed by atoms with Crippen molar-refractivity contribution < 1.29 is 28.6 Å². The minimum absolute atomic E-state index is 0.00384. The molecule has 0 atom stereocenters. The summed E-state index contributed by atoms with van der Waals surface area (Å²) in [6.45, 7) is 6.36. The zero-order chi connectivity index (χ0) is 36.0. The van der Waals surface area contributed by atoms with Crippen molar-refractivity contribution in [2.24, 2.45) is 5.92 Å². The van der Waals surface area contributed by atoms with Crippen LogP contribution in [0.2, 0.25) is 0 Å². The van der Waals surface area contributed by atoms with Crippen LogP contribution in [-0.2, 0) is 30.3 Å².